The van der Waals surface area contributed by atoms with E-state index in [-0.39, 0.29) is 16.4 Å². The summed E-state index contributed by atoms with van der Waals surface area (Å²) in [5.74, 6) is -0.994. The molecule has 2 aromatic rings. The van der Waals surface area contributed by atoms with Gasteiger partial charge in [-0.2, -0.15) is 0 Å². The van der Waals surface area contributed by atoms with Crippen LogP contribution in [0.2, 0.25) is 5.02 Å². The monoisotopic (exact) mass is 372 g/mol. The molecule has 1 amide bonds. The lowest BCUT2D eigenvalue weighted by molar-refractivity contribution is -0.115. The minimum Gasteiger partial charge on any atom is -0.323 e. The Kier molecular flexibility index (Phi) is 6.44. The number of nitrogens with zero attached hydrogens (tertiary/aromatic N) is 2. The highest BCUT2D eigenvalue weighted by Gasteiger charge is 2.20. The van der Waals surface area contributed by atoms with E-state index in [2.05, 4.69) is 15.5 Å². The van der Waals surface area contributed by atoms with E-state index in [4.69, 9.17) is 11.6 Å². The number of rotatable bonds is 7. The molecule has 1 heterocycles. The second-order valence-corrected chi connectivity index (χ2v) is 6.93. The van der Waals surface area contributed by atoms with E-state index in [9.17, 15) is 14.0 Å². The summed E-state index contributed by atoms with van der Waals surface area (Å²) in [7, 11) is 0. The number of aromatic nitrogens is 3. The van der Waals surface area contributed by atoms with Crippen molar-refractivity contribution in [1.82, 2.24) is 14.8 Å². The van der Waals surface area contributed by atoms with Crippen LogP contribution < -0.4 is 11.0 Å². The van der Waals surface area contributed by atoms with Gasteiger partial charge in [-0.05, 0) is 31.5 Å². The first kappa shape index (κ1) is 18.5. The summed E-state index contributed by atoms with van der Waals surface area (Å²) in [5.41, 5.74) is -0.246. The van der Waals surface area contributed by atoms with Crippen molar-refractivity contribution in [2.45, 2.75) is 43.6 Å². The molecule has 0 bridgehead atoms. The zero-order chi connectivity index (χ0) is 17.7. The third-order valence-electron chi connectivity index (χ3n) is 3.30. The molecule has 0 radical (unpaired) electrons. The largest absolute Gasteiger partial charge is 0.343 e. The molecule has 0 aliphatic rings. The molecule has 2 N–H and O–H groups in total. The van der Waals surface area contributed by atoms with E-state index < -0.39 is 17.0 Å². The van der Waals surface area contributed by atoms with Gasteiger partial charge in [0, 0.05) is 11.6 Å². The zero-order valence-corrected chi connectivity index (χ0v) is 14.9. The Bertz CT molecular complexity index is 777. The van der Waals surface area contributed by atoms with Gasteiger partial charge in [0.25, 0.3) is 0 Å². The lowest BCUT2D eigenvalue weighted by Crippen LogP contribution is -2.24. The van der Waals surface area contributed by atoms with Crippen LogP contribution in [0.1, 0.15) is 26.7 Å². The van der Waals surface area contributed by atoms with Crippen LogP contribution >= 0.6 is 23.4 Å². The van der Waals surface area contributed by atoms with Crippen molar-refractivity contribution in [3.05, 3.63) is 39.5 Å². The minimum absolute atomic E-state index is 0.0576. The molecule has 0 saturated heterocycles. The van der Waals surface area contributed by atoms with Crippen LogP contribution in [0.3, 0.4) is 0 Å². The van der Waals surface area contributed by atoms with Crippen molar-refractivity contribution in [3.8, 4) is 0 Å². The molecule has 1 atom stereocenters. The molecular formula is C15H18ClFN4O2S. The molecule has 24 heavy (non-hydrogen) atoms. The van der Waals surface area contributed by atoms with Gasteiger partial charge in [0.05, 0.1) is 10.9 Å². The Morgan fingerprint density at radius 1 is 1.54 bits per heavy atom. The molecule has 9 heteroatoms. The van der Waals surface area contributed by atoms with E-state index in [1.54, 1.807) is 6.92 Å². The van der Waals surface area contributed by atoms with Crippen molar-refractivity contribution < 1.29 is 9.18 Å². The van der Waals surface area contributed by atoms with E-state index in [1.165, 1.54) is 16.7 Å². The number of amides is 1. The van der Waals surface area contributed by atoms with Gasteiger partial charge in [0.1, 0.15) is 5.82 Å². The Morgan fingerprint density at radius 3 is 2.96 bits per heavy atom. The molecule has 6 nitrogen and oxygen atoms in total. The van der Waals surface area contributed by atoms with Gasteiger partial charge in [-0.3, -0.25) is 9.36 Å². The van der Waals surface area contributed by atoms with Crippen molar-refractivity contribution in [2.24, 2.45) is 0 Å². The smallest absolute Gasteiger partial charge is 0.323 e. The number of thioether (sulfide) groups is 1. The Balaban J connectivity index is 2.05. The zero-order valence-electron chi connectivity index (χ0n) is 13.3. The van der Waals surface area contributed by atoms with Crippen LogP contribution in [0.4, 0.5) is 10.1 Å². The second-order valence-electron chi connectivity index (χ2n) is 5.19. The maximum absolute atomic E-state index is 13.7. The minimum atomic E-state index is -0.604. The van der Waals surface area contributed by atoms with Gasteiger partial charge in [-0.25, -0.2) is 14.3 Å². The first-order valence-corrected chi connectivity index (χ1v) is 8.76. The number of benzene rings is 1. The summed E-state index contributed by atoms with van der Waals surface area (Å²) in [4.78, 5) is 24.0. The predicted octanol–water partition coefficient (Wildman–Crippen LogP) is 3.28. The van der Waals surface area contributed by atoms with Gasteiger partial charge >= 0.3 is 5.69 Å². The molecule has 0 aliphatic heterocycles. The first-order valence-electron chi connectivity index (χ1n) is 7.50. The van der Waals surface area contributed by atoms with Crippen molar-refractivity contribution in [3.63, 3.8) is 0 Å². The van der Waals surface area contributed by atoms with Gasteiger partial charge < -0.3 is 5.32 Å². The molecular weight excluding hydrogens is 355 g/mol. The molecule has 2 rings (SSSR count). The normalized spacial score (nSPS) is 12.2. The lowest BCUT2D eigenvalue weighted by atomic mass is 10.3. The van der Waals surface area contributed by atoms with E-state index in [0.717, 1.165) is 30.7 Å². The fraction of sp³-hybridized carbons (Fsp3) is 0.400. The molecule has 0 spiro atoms. The topological polar surface area (TPSA) is 79.8 Å². The van der Waals surface area contributed by atoms with E-state index >= 15 is 0 Å². The van der Waals surface area contributed by atoms with Crippen LogP contribution in [-0.2, 0) is 11.3 Å². The number of carbonyl (C=O) groups is 1. The highest BCUT2D eigenvalue weighted by atomic mass is 35.5. The lowest BCUT2D eigenvalue weighted by Gasteiger charge is -2.12. The third kappa shape index (κ3) is 4.61. The van der Waals surface area contributed by atoms with Crippen LogP contribution in [-0.4, -0.2) is 25.9 Å². The van der Waals surface area contributed by atoms with Crippen molar-refractivity contribution >= 4 is 35.0 Å². The number of carbonyl (C=O) groups excluding carboxylic acids is 1. The summed E-state index contributed by atoms with van der Waals surface area (Å²) in [5, 5.41) is 8.97. The number of anilines is 1. The van der Waals surface area contributed by atoms with Gasteiger partial charge in [-0.15, -0.1) is 5.10 Å². The summed E-state index contributed by atoms with van der Waals surface area (Å²) in [6, 6.07) is 4.03. The second kappa shape index (κ2) is 8.34. The fourth-order valence-corrected chi connectivity index (χ4v) is 2.98. The molecule has 0 aliphatic carbocycles. The first-order chi connectivity index (χ1) is 11.4. The molecule has 0 unspecified atom stereocenters. The van der Waals surface area contributed by atoms with E-state index in [0.29, 0.717) is 11.7 Å². The molecule has 1 aromatic heterocycles. The number of halogens is 2. The highest BCUT2D eigenvalue weighted by Crippen LogP contribution is 2.23. The maximum atomic E-state index is 13.7. The number of H-pyrrole nitrogens is 1. The average molecular weight is 373 g/mol. The maximum Gasteiger partial charge on any atom is 0.343 e. The Labute approximate surface area is 147 Å². The Morgan fingerprint density at radius 2 is 2.29 bits per heavy atom. The third-order valence-corrected chi connectivity index (χ3v) is 4.62. The summed E-state index contributed by atoms with van der Waals surface area (Å²) in [6.45, 7) is 4.22. The van der Waals surface area contributed by atoms with Gasteiger partial charge in [0.2, 0.25) is 5.91 Å². The number of aromatic amines is 1. The summed E-state index contributed by atoms with van der Waals surface area (Å²) in [6.07, 6.45) is 1.77. The van der Waals surface area contributed by atoms with Gasteiger partial charge in [0.15, 0.2) is 5.16 Å². The predicted molar refractivity (Wildman–Crippen MR) is 93.1 cm³/mol. The Hall–Kier alpha value is -1.80. The molecule has 0 fully saturated rings. The highest BCUT2D eigenvalue weighted by molar-refractivity contribution is 8.00. The van der Waals surface area contributed by atoms with Crippen LogP contribution in [0.15, 0.2) is 28.2 Å². The van der Waals surface area contributed by atoms with Crippen molar-refractivity contribution in [1.29, 1.82) is 0 Å². The number of hydrogen-bond acceptors (Lipinski definition) is 4. The summed E-state index contributed by atoms with van der Waals surface area (Å²) >= 11 is 6.82. The quantitative estimate of drug-likeness (QED) is 0.731. The van der Waals surface area contributed by atoms with Gasteiger partial charge in [-0.1, -0.05) is 36.7 Å². The van der Waals surface area contributed by atoms with E-state index in [1.807, 2.05) is 6.92 Å². The standard InChI is InChI=1S/C15H18ClFN4O2S/c1-3-4-7-21-14(23)19-20-15(21)24-9(2)13(22)18-12-6-5-10(16)8-11(12)17/h5-6,8-9H,3-4,7H2,1-2H3,(H,18,22)(H,19,23)/t9-/m0/s1. The van der Waals surface area contributed by atoms with Crippen LogP contribution in [0, 0.1) is 5.82 Å². The SMILES string of the molecule is CCCCn1c(S[C@@H](C)C(=O)Nc2ccc(Cl)cc2F)n[nH]c1=O. The number of nitrogens with one attached hydrogen (secondary N) is 2. The van der Waals surface area contributed by atoms with Crippen LogP contribution in [0.5, 0.6) is 0 Å². The average Bonchev–Trinajstić information content (AvgIpc) is 2.88. The van der Waals surface area contributed by atoms with Crippen LogP contribution in [0.25, 0.3) is 0 Å². The number of hydrogen-bond donors (Lipinski definition) is 2. The summed E-state index contributed by atoms with van der Waals surface area (Å²) < 4.78 is 15.2. The van der Waals surface area contributed by atoms with Crippen molar-refractivity contribution in [2.75, 3.05) is 5.32 Å². The molecule has 1 aromatic carbocycles. The number of unbranched alkanes of at least 4 members (excludes halogenated alkanes) is 1. The molecule has 130 valence electrons. The molecule has 0 saturated carbocycles. The fourth-order valence-electron chi connectivity index (χ4n) is 1.94.